The Balaban J connectivity index is 1.08. The van der Waals surface area contributed by atoms with Gasteiger partial charge in [-0.15, -0.1) is 0 Å². The fourth-order valence-corrected chi connectivity index (χ4v) is 6.72. The topological polar surface area (TPSA) is 61.9 Å². The highest BCUT2D eigenvalue weighted by molar-refractivity contribution is 5.99. The molecule has 2 aliphatic heterocycles. The zero-order chi connectivity index (χ0) is 29.9. The number of nitrogens with one attached hydrogen (secondary N) is 2. The summed E-state index contributed by atoms with van der Waals surface area (Å²) in [6.07, 6.45) is 3.95. The molecular formula is C35H42FN5O2. The lowest BCUT2D eigenvalue weighted by molar-refractivity contribution is 0.105. The Morgan fingerprint density at radius 3 is 2.49 bits per heavy atom. The molecule has 2 fully saturated rings. The van der Waals surface area contributed by atoms with Crippen LogP contribution in [0.25, 0.3) is 10.8 Å². The van der Waals surface area contributed by atoms with Gasteiger partial charge in [0.05, 0.1) is 14.2 Å². The van der Waals surface area contributed by atoms with Crippen molar-refractivity contribution in [3.63, 3.8) is 0 Å². The molecule has 2 aliphatic rings. The molecule has 2 atom stereocenters. The monoisotopic (exact) mass is 583 g/mol. The molecule has 2 bridgehead atoms. The molecule has 43 heavy (non-hydrogen) atoms. The van der Waals surface area contributed by atoms with Crippen molar-refractivity contribution in [2.75, 3.05) is 44.5 Å². The molecule has 0 amide bonds. The Bertz CT molecular complexity index is 1580. The minimum Gasteiger partial charge on any atom is -0.497 e. The molecule has 6 rings (SSSR count). The summed E-state index contributed by atoms with van der Waals surface area (Å²) in [5, 5.41) is 8.93. The number of benzene rings is 3. The second-order valence-corrected chi connectivity index (χ2v) is 11.9. The first kappa shape index (κ1) is 29.2. The molecule has 2 N–H and O–H groups in total. The SMILES string of the molecule is COc1ccc(CNc2nccc3c(NCc4ccc(CCN5C[C@H]6C[C@@H]5CN6C(C)C)cc4F)cccc23)c(OC)c1. The van der Waals surface area contributed by atoms with Crippen molar-refractivity contribution in [3.05, 3.63) is 89.4 Å². The lowest BCUT2D eigenvalue weighted by Crippen LogP contribution is -2.49. The van der Waals surface area contributed by atoms with Crippen LogP contribution < -0.4 is 20.1 Å². The van der Waals surface area contributed by atoms with Gasteiger partial charge < -0.3 is 20.1 Å². The third-order valence-corrected chi connectivity index (χ3v) is 9.08. The van der Waals surface area contributed by atoms with Crippen LogP contribution in [0.1, 0.15) is 37.0 Å². The second-order valence-electron chi connectivity index (χ2n) is 11.9. The van der Waals surface area contributed by atoms with Crippen molar-refractivity contribution >= 4 is 22.3 Å². The maximum Gasteiger partial charge on any atom is 0.134 e. The summed E-state index contributed by atoms with van der Waals surface area (Å²) >= 11 is 0. The molecule has 1 aromatic heterocycles. The van der Waals surface area contributed by atoms with Gasteiger partial charge in [0.1, 0.15) is 23.1 Å². The normalized spacial score (nSPS) is 18.5. The first-order valence-electron chi connectivity index (χ1n) is 15.3. The standard InChI is InChI=1S/C35H42FN5O2/c1-23(2)41-22-27-17-28(41)21-40(27)15-13-24-8-9-25(32(36)16-24)19-38-33-7-5-6-31-30(33)12-14-37-35(31)39-20-26-10-11-29(42-3)18-34(26)43-4/h5-12,14,16,18,23,27-28,38H,13,15,17,19-22H2,1-4H3,(H,37,39)/t27-,28-/m1/s1. The van der Waals surface area contributed by atoms with Gasteiger partial charge in [-0.05, 0) is 62.6 Å². The van der Waals surface area contributed by atoms with Crippen molar-refractivity contribution < 1.29 is 13.9 Å². The molecule has 7 nitrogen and oxygen atoms in total. The average Bonchev–Trinajstić information content (AvgIpc) is 3.63. The van der Waals surface area contributed by atoms with Crippen LogP contribution in [0.15, 0.2) is 66.9 Å². The number of hydrogen-bond acceptors (Lipinski definition) is 7. The van der Waals surface area contributed by atoms with E-state index in [4.69, 9.17) is 9.47 Å². The number of ether oxygens (including phenoxy) is 2. The van der Waals surface area contributed by atoms with Crippen LogP contribution in [0.3, 0.4) is 0 Å². The summed E-state index contributed by atoms with van der Waals surface area (Å²) in [5.41, 5.74) is 3.66. The minimum atomic E-state index is -0.156. The van der Waals surface area contributed by atoms with Crippen LogP contribution in [-0.4, -0.2) is 66.8 Å². The lowest BCUT2D eigenvalue weighted by atomic mass is 10.1. The molecule has 0 radical (unpaired) electrons. The zero-order valence-electron chi connectivity index (χ0n) is 25.6. The second kappa shape index (κ2) is 12.8. The van der Waals surface area contributed by atoms with Gasteiger partial charge in [0.25, 0.3) is 0 Å². The quantitative estimate of drug-likeness (QED) is 0.202. The van der Waals surface area contributed by atoms with E-state index in [0.717, 1.165) is 64.4 Å². The number of aromatic nitrogens is 1. The highest BCUT2D eigenvalue weighted by Gasteiger charge is 2.43. The largest absolute Gasteiger partial charge is 0.497 e. The first-order chi connectivity index (χ1) is 20.9. The highest BCUT2D eigenvalue weighted by Crippen LogP contribution is 2.33. The molecule has 8 heteroatoms. The molecule has 226 valence electrons. The van der Waals surface area contributed by atoms with Crippen LogP contribution in [0.5, 0.6) is 11.5 Å². The predicted octanol–water partition coefficient (Wildman–Crippen LogP) is 6.32. The van der Waals surface area contributed by atoms with Gasteiger partial charge in [-0.2, -0.15) is 0 Å². The number of fused-ring (bicyclic) bond motifs is 3. The van der Waals surface area contributed by atoms with Gasteiger partial charge in [-0.1, -0.05) is 24.3 Å². The number of anilines is 2. The first-order valence-corrected chi connectivity index (χ1v) is 15.3. The number of halogens is 1. The van der Waals surface area contributed by atoms with Crippen LogP contribution in [0, 0.1) is 5.82 Å². The van der Waals surface area contributed by atoms with Gasteiger partial charge in [-0.3, -0.25) is 9.80 Å². The Hall–Kier alpha value is -3.88. The van der Waals surface area contributed by atoms with Gasteiger partial charge in [-0.25, -0.2) is 9.37 Å². The van der Waals surface area contributed by atoms with Crippen LogP contribution >= 0.6 is 0 Å². The summed E-state index contributed by atoms with van der Waals surface area (Å²) < 4.78 is 26.1. The molecular weight excluding hydrogens is 541 g/mol. The number of likely N-dealkylation sites (tertiary alicyclic amines) is 2. The highest BCUT2D eigenvalue weighted by atomic mass is 19.1. The van der Waals surface area contributed by atoms with Gasteiger partial charge in [0.15, 0.2) is 0 Å². The molecule has 0 spiro atoms. The van der Waals surface area contributed by atoms with Gasteiger partial charge in [0, 0.05) is 90.7 Å². The van der Waals surface area contributed by atoms with E-state index in [0.29, 0.717) is 36.8 Å². The molecule has 4 aromatic rings. The third-order valence-electron chi connectivity index (χ3n) is 9.08. The van der Waals surface area contributed by atoms with E-state index in [1.807, 2.05) is 48.5 Å². The van der Waals surface area contributed by atoms with Crippen LogP contribution in [-0.2, 0) is 19.5 Å². The van der Waals surface area contributed by atoms with Gasteiger partial charge in [0.2, 0.25) is 0 Å². The summed E-state index contributed by atoms with van der Waals surface area (Å²) in [4.78, 5) is 9.83. The van der Waals surface area contributed by atoms with E-state index in [1.54, 1.807) is 26.5 Å². The zero-order valence-corrected chi connectivity index (χ0v) is 25.6. The summed E-state index contributed by atoms with van der Waals surface area (Å²) in [7, 11) is 3.29. The summed E-state index contributed by atoms with van der Waals surface area (Å²) in [6, 6.07) is 21.5. The summed E-state index contributed by atoms with van der Waals surface area (Å²) in [5.74, 6) is 2.12. The molecule has 3 heterocycles. The molecule has 2 saturated heterocycles. The number of rotatable bonds is 12. The number of pyridine rings is 1. The third kappa shape index (κ3) is 6.26. The van der Waals surface area contributed by atoms with Crippen LogP contribution in [0.4, 0.5) is 15.9 Å². The molecule has 0 saturated carbocycles. The predicted molar refractivity (Wildman–Crippen MR) is 172 cm³/mol. The fourth-order valence-electron chi connectivity index (χ4n) is 6.72. The maximum atomic E-state index is 15.2. The van der Waals surface area contributed by atoms with E-state index >= 15 is 4.39 Å². The van der Waals surface area contributed by atoms with E-state index in [9.17, 15) is 0 Å². The Morgan fingerprint density at radius 1 is 0.907 bits per heavy atom. The smallest absolute Gasteiger partial charge is 0.134 e. The molecule has 0 aliphatic carbocycles. The number of hydrogen-bond donors (Lipinski definition) is 2. The minimum absolute atomic E-state index is 0.156. The van der Waals surface area contributed by atoms with Crippen molar-refractivity contribution in [1.82, 2.24) is 14.8 Å². The number of methoxy groups -OCH3 is 2. The van der Waals surface area contributed by atoms with Crippen LogP contribution in [0.2, 0.25) is 0 Å². The lowest BCUT2D eigenvalue weighted by Gasteiger charge is -2.36. The Kier molecular flexibility index (Phi) is 8.68. The molecule has 0 unspecified atom stereocenters. The maximum absolute atomic E-state index is 15.2. The van der Waals surface area contributed by atoms with E-state index < -0.39 is 0 Å². The number of piperazine rings is 1. The Labute approximate surface area is 254 Å². The number of nitrogens with zero attached hydrogens (tertiary/aromatic N) is 3. The van der Waals surface area contributed by atoms with Crippen molar-refractivity contribution in [3.8, 4) is 11.5 Å². The average molecular weight is 584 g/mol. The van der Waals surface area contributed by atoms with E-state index in [-0.39, 0.29) is 5.82 Å². The van der Waals surface area contributed by atoms with Crippen molar-refractivity contribution in [1.29, 1.82) is 0 Å². The fraction of sp³-hybridized carbons (Fsp3) is 0.400. The Morgan fingerprint density at radius 2 is 1.74 bits per heavy atom. The summed E-state index contributed by atoms with van der Waals surface area (Å²) in [6.45, 7) is 8.83. The molecule has 3 aromatic carbocycles. The van der Waals surface area contributed by atoms with Gasteiger partial charge >= 0.3 is 0 Å². The van der Waals surface area contributed by atoms with E-state index in [2.05, 4.69) is 45.3 Å². The van der Waals surface area contributed by atoms with Crippen molar-refractivity contribution in [2.45, 2.75) is 57.9 Å². The van der Waals surface area contributed by atoms with E-state index in [1.165, 1.54) is 13.0 Å². The van der Waals surface area contributed by atoms with Crippen molar-refractivity contribution in [2.24, 2.45) is 0 Å².